The Bertz CT molecular complexity index is 588. The second-order valence-corrected chi connectivity index (χ2v) is 6.85. The molecule has 1 saturated carbocycles. The lowest BCUT2D eigenvalue weighted by molar-refractivity contribution is -0.150. The van der Waals surface area contributed by atoms with E-state index in [0.29, 0.717) is 18.8 Å². The van der Waals surface area contributed by atoms with Crippen molar-refractivity contribution in [2.45, 2.75) is 56.9 Å². The third-order valence-corrected chi connectivity index (χ3v) is 5.35. The summed E-state index contributed by atoms with van der Waals surface area (Å²) < 4.78 is 0. The van der Waals surface area contributed by atoms with E-state index in [-0.39, 0.29) is 11.8 Å². The van der Waals surface area contributed by atoms with Crippen LogP contribution in [0.25, 0.3) is 0 Å². The normalized spacial score (nSPS) is 30.6. The van der Waals surface area contributed by atoms with E-state index in [1.807, 2.05) is 18.2 Å². The summed E-state index contributed by atoms with van der Waals surface area (Å²) in [7, 11) is 0. The van der Waals surface area contributed by atoms with Crippen molar-refractivity contribution in [1.82, 2.24) is 5.32 Å². The number of aliphatic carboxylic acids is 1. The van der Waals surface area contributed by atoms with E-state index in [1.54, 1.807) is 0 Å². The molecular weight excluding hydrogens is 278 g/mol. The predicted octanol–water partition coefficient (Wildman–Crippen LogP) is 2.87. The Labute approximate surface area is 130 Å². The van der Waals surface area contributed by atoms with Crippen LogP contribution in [0.1, 0.15) is 56.1 Å². The Hall–Kier alpha value is -1.84. The fourth-order valence-electron chi connectivity index (χ4n) is 3.80. The van der Waals surface area contributed by atoms with Gasteiger partial charge in [0.15, 0.2) is 0 Å². The van der Waals surface area contributed by atoms with Crippen LogP contribution in [0.4, 0.5) is 0 Å². The number of carboxylic acid groups (broad SMARTS) is 1. The van der Waals surface area contributed by atoms with Crippen LogP contribution in [0.15, 0.2) is 24.3 Å². The lowest BCUT2D eigenvalue weighted by Gasteiger charge is -2.37. The maximum Gasteiger partial charge on any atom is 0.329 e. The Balaban J connectivity index is 1.77. The molecule has 1 unspecified atom stereocenters. The molecule has 0 spiro atoms. The summed E-state index contributed by atoms with van der Waals surface area (Å²) in [6.45, 7) is 2.14. The molecule has 0 radical (unpaired) electrons. The van der Waals surface area contributed by atoms with Gasteiger partial charge in [-0.1, -0.05) is 31.2 Å². The van der Waals surface area contributed by atoms with Crippen molar-refractivity contribution in [3.05, 3.63) is 35.4 Å². The number of hydrogen-bond donors (Lipinski definition) is 2. The summed E-state index contributed by atoms with van der Waals surface area (Å²) >= 11 is 0. The van der Waals surface area contributed by atoms with Gasteiger partial charge in [0.05, 0.1) is 5.92 Å². The zero-order valence-corrected chi connectivity index (χ0v) is 13.0. The van der Waals surface area contributed by atoms with Gasteiger partial charge in [0.2, 0.25) is 5.91 Å². The van der Waals surface area contributed by atoms with E-state index in [2.05, 4.69) is 18.3 Å². The molecule has 0 bridgehead atoms. The standard InChI is InChI=1S/C18H23NO3/c1-12-8-10-18(11-9-12,17(21)22)19-16(20)15-7-6-13-4-2-3-5-14(13)15/h2-5,12,15H,6-11H2,1H3,(H,19,20)(H,21,22). The van der Waals surface area contributed by atoms with Crippen LogP contribution in [-0.4, -0.2) is 22.5 Å². The topological polar surface area (TPSA) is 66.4 Å². The van der Waals surface area contributed by atoms with Crippen LogP contribution in [0, 0.1) is 5.92 Å². The molecule has 0 heterocycles. The molecule has 0 aliphatic heterocycles. The van der Waals surface area contributed by atoms with Gasteiger partial charge in [-0.15, -0.1) is 0 Å². The number of hydrogen-bond acceptors (Lipinski definition) is 2. The molecule has 2 aliphatic rings. The number of rotatable bonds is 3. The average molecular weight is 301 g/mol. The Morgan fingerprint density at radius 1 is 1.18 bits per heavy atom. The molecule has 1 aromatic rings. The van der Waals surface area contributed by atoms with Crippen molar-refractivity contribution in [3.63, 3.8) is 0 Å². The number of benzene rings is 1. The van der Waals surface area contributed by atoms with E-state index in [9.17, 15) is 14.7 Å². The van der Waals surface area contributed by atoms with Gasteiger partial charge in [-0.25, -0.2) is 4.79 Å². The molecule has 22 heavy (non-hydrogen) atoms. The highest BCUT2D eigenvalue weighted by Gasteiger charge is 2.44. The zero-order chi connectivity index (χ0) is 15.7. The van der Waals surface area contributed by atoms with Crippen molar-refractivity contribution in [2.75, 3.05) is 0 Å². The molecule has 1 atom stereocenters. The second kappa shape index (κ2) is 5.75. The maximum absolute atomic E-state index is 12.7. The largest absolute Gasteiger partial charge is 0.480 e. The van der Waals surface area contributed by atoms with Crippen LogP contribution < -0.4 is 5.32 Å². The minimum Gasteiger partial charge on any atom is -0.480 e. The first-order valence-electron chi connectivity index (χ1n) is 8.15. The number of carboxylic acids is 1. The molecule has 2 aliphatic carbocycles. The molecule has 1 fully saturated rings. The number of fused-ring (bicyclic) bond motifs is 1. The van der Waals surface area contributed by atoms with E-state index < -0.39 is 11.5 Å². The van der Waals surface area contributed by atoms with E-state index >= 15 is 0 Å². The van der Waals surface area contributed by atoms with Gasteiger partial charge < -0.3 is 10.4 Å². The maximum atomic E-state index is 12.7. The summed E-state index contributed by atoms with van der Waals surface area (Å²) in [6.07, 6.45) is 4.44. The lowest BCUT2D eigenvalue weighted by Crippen LogP contribution is -2.57. The molecular formula is C18H23NO3. The highest BCUT2D eigenvalue weighted by atomic mass is 16.4. The number of carbonyl (C=O) groups excluding carboxylic acids is 1. The fourth-order valence-corrected chi connectivity index (χ4v) is 3.80. The number of aryl methyl sites for hydroxylation is 1. The highest BCUT2D eigenvalue weighted by Crippen LogP contribution is 2.36. The minimum absolute atomic E-state index is 0.123. The molecule has 0 aromatic heterocycles. The molecule has 1 aromatic carbocycles. The average Bonchev–Trinajstić information content (AvgIpc) is 2.93. The van der Waals surface area contributed by atoms with E-state index in [4.69, 9.17) is 0 Å². The molecule has 0 saturated heterocycles. The van der Waals surface area contributed by atoms with E-state index in [1.165, 1.54) is 5.56 Å². The Morgan fingerprint density at radius 3 is 2.55 bits per heavy atom. The third kappa shape index (κ3) is 2.62. The lowest BCUT2D eigenvalue weighted by atomic mass is 9.76. The molecule has 118 valence electrons. The van der Waals surface area contributed by atoms with Gasteiger partial charge in [0.25, 0.3) is 0 Å². The summed E-state index contributed by atoms with van der Waals surface area (Å²) in [4.78, 5) is 24.5. The summed E-state index contributed by atoms with van der Waals surface area (Å²) in [6, 6.07) is 7.97. The van der Waals surface area contributed by atoms with Gasteiger partial charge in [-0.2, -0.15) is 0 Å². The number of carbonyl (C=O) groups is 2. The minimum atomic E-state index is -1.07. The summed E-state index contributed by atoms with van der Waals surface area (Å²) in [5.41, 5.74) is 1.20. The first-order valence-corrected chi connectivity index (χ1v) is 8.15. The third-order valence-electron chi connectivity index (χ3n) is 5.35. The van der Waals surface area contributed by atoms with Crippen molar-refractivity contribution >= 4 is 11.9 Å². The SMILES string of the molecule is CC1CCC(NC(=O)C2CCc3ccccc32)(C(=O)O)CC1. The van der Waals surface area contributed by atoms with Gasteiger partial charge >= 0.3 is 5.97 Å². The Kier molecular flexibility index (Phi) is 3.94. The van der Waals surface area contributed by atoms with Crippen molar-refractivity contribution in [3.8, 4) is 0 Å². The summed E-state index contributed by atoms with van der Waals surface area (Å²) in [5, 5.41) is 12.5. The number of nitrogens with one attached hydrogen (secondary N) is 1. The molecule has 4 nitrogen and oxygen atoms in total. The van der Waals surface area contributed by atoms with Crippen LogP contribution in [-0.2, 0) is 16.0 Å². The predicted molar refractivity (Wildman–Crippen MR) is 83.6 cm³/mol. The zero-order valence-electron chi connectivity index (χ0n) is 13.0. The second-order valence-electron chi connectivity index (χ2n) is 6.85. The van der Waals surface area contributed by atoms with Gasteiger partial charge in [0.1, 0.15) is 5.54 Å². The van der Waals surface area contributed by atoms with Crippen molar-refractivity contribution in [2.24, 2.45) is 5.92 Å². The highest BCUT2D eigenvalue weighted by molar-refractivity contribution is 5.91. The van der Waals surface area contributed by atoms with Crippen LogP contribution in [0.3, 0.4) is 0 Å². The first kappa shape index (κ1) is 15.1. The molecule has 3 rings (SSSR count). The van der Waals surface area contributed by atoms with Crippen LogP contribution >= 0.6 is 0 Å². The first-order chi connectivity index (χ1) is 10.5. The fraction of sp³-hybridized carbons (Fsp3) is 0.556. The van der Waals surface area contributed by atoms with Gasteiger partial charge in [0, 0.05) is 0 Å². The molecule has 2 N–H and O–H groups in total. The molecule has 1 amide bonds. The van der Waals surface area contributed by atoms with Crippen LogP contribution in [0.2, 0.25) is 0 Å². The van der Waals surface area contributed by atoms with Crippen molar-refractivity contribution < 1.29 is 14.7 Å². The smallest absolute Gasteiger partial charge is 0.329 e. The Morgan fingerprint density at radius 2 is 1.86 bits per heavy atom. The van der Waals surface area contributed by atoms with E-state index in [0.717, 1.165) is 31.2 Å². The van der Waals surface area contributed by atoms with Gasteiger partial charge in [-0.3, -0.25) is 4.79 Å². The number of amides is 1. The quantitative estimate of drug-likeness (QED) is 0.902. The van der Waals surface area contributed by atoms with Crippen LogP contribution in [0.5, 0.6) is 0 Å². The molecule has 4 heteroatoms. The summed E-state index contributed by atoms with van der Waals surface area (Å²) in [5.74, 6) is -0.677. The van der Waals surface area contributed by atoms with Gasteiger partial charge in [-0.05, 0) is 55.6 Å². The monoisotopic (exact) mass is 301 g/mol. The van der Waals surface area contributed by atoms with Crippen molar-refractivity contribution in [1.29, 1.82) is 0 Å².